The third-order valence-electron chi connectivity index (χ3n) is 16.9. The van der Waals surface area contributed by atoms with Gasteiger partial charge in [-0.2, -0.15) is 0 Å². The first-order chi connectivity index (χ1) is 38.3. The fraction of sp³-hybridized carbons (Fsp3) is 0.324. The van der Waals surface area contributed by atoms with Gasteiger partial charge in [0, 0.05) is 40.9 Å². The van der Waals surface area contributed by atoms with Crippen molar-refractivity contribution in [1.29, 1.82) is 0 Å². The molecule has 2 aliphatic rings. The number of imidazole rings is 1. The van der Waals surface area contributed by atoms with Gasteiger partial charge >= 0.3 is 0 Å². The fourth-order valence-corrected chi connectivity index (χ4v) is 11.7. The van der Waals surface area contributed by atoms with Crippen LogP contribution in [0.3, 0.4) is 0 Å². The molecule has 0 atom stereocenters. The third-order valence-corrected chi connectivity index (χ3v) is 16.9. The van der Waals surface area contributed by atoms with Crippen LogP contribution in [-0.2, 0) is 32.5 Å². The maximum absolute atomic E-state index is 7.03. The second-order valence-electron chi connectivity index (χ2n) is 29.4. The second kappa shape index (κ2) is 18.9. The number of ether oxygens (including phenoxy) is 3. The van der Waals surface area contributed by atoms with Crippen LogP contribution in [0.15, 0.2) is 152 Å². The number of hydrogen-bond donors (Lipinski definition) is 0. The van der Waals surface area contributed by atoms with Crippen molar-refractivity contribution in [2.45, 2.75) is 157 Å². The van der Waals surface area contributed by atoms with Crippen LogP contribution in [0.2, 0.25) is 0 Å². The zero-order chi connectivity index (χ0) is 58.4. The first-order valence-corrected chi connectivity index (χ1v) is 29.3. The maximum Gasteiger partial charge on any atom is 0.268 e. The third kappa shape index (κ3) is 10.0. The molecule has 0 radical (unpaired) electrons. The van der Waals surface area contributed by atoms with Crippen molar-refractivity contribution in [1.82, 2.24) is 14.1 Å². The molecule has 0 unspecified atom stereocenters. The molecule has 0 aliphatic carbocycles. The molecule has 5 heterocycles. The molecule has 0 N–H and O–H groups in total. The van der Waals surface area contributed by atoms with Crippen molar-refractivity contribution < 1.29 is 18.8 Å². The van der Waals surface area contributed by atoms with Crippen LogP contribution in [-0.4, -0.2) is 20.8 Å². The Hall–Kier alpha value is -7.84. The molecule has 0 saturated carbocycles. The Bertz CT molecular complexity index is 4090. The van der Waals surface area contributed by atoms with E-state index in [4.69, 9.17) is 19.2 Å². The highest BCUT2D eigenvalue weighted by Crippen LogP contribution is 2.43. The lowest BCUT2D eigenvalue weighted by Crippen LogP contribution is -2.57. The van der Waals surface area contributed by atoms with Crippen molar-refractivity contribution in [3.63, 3.8) is 0 Å². The highest BCUT2D eigenvalue weighted by molar-refractivity contribution is 6.98. The summed E-state index contributed by atoms with van der Waals surface area (Å²) in [5.41, 5.74) is 16.8. The van der Waals surface area contributed by atoms with Crippen LogP contribution in [0.4, 0.5) is 0 Å². The Balaban J connectivity index is 0.965. The summed E-state index contributed by atoms with van der Waals surface area (Å²) in [5, 5.41) is 2.19. The SMILES string of the molecule is CC(C)(C)c1cc(Oc2ccc3c4cc(-c5cc6c7c(c5)Oc5ccc(C(C)(C)C)cc5B7c5cc(C(C)(C)C)ccc5O6)ccc4n(-c4cc(C(C)(C)C)ccn4)c3c2)cc(-n2[c-][n+](-c3cc(C(C)(C)C)cc(C(C)(C)C)c3)cc2)c1. The molecule has 10 aromatic rings. The van der Waals surface area contributed by atoms with E-state index < -0.39 is 0 Å². The standard InChI is InChI=1S/C74H79BN4O3/c1-69(2,3)47-20-25-63-59(39-47)75-60-40-48(70(4,5)6)21-26-64(60)82-66-33-46(32-65(81-63)68(66)75)45-19-24-61-58(31-45)57-23-22-55(43-62(57)79(61)67-41-49(27-28-76-67)71(7,8)9)80-56-38-52(74(16,17)18)37-54(42-56)78-30-29-77(44-78)53-35-50(72(10,11)12)34-51(36-53)73(13,14)15/h19-43H,1-18H3. The Kier molecular flexibility index (Phi) is 12.6. The Labute approximate surface area is 487 Å². The largest absolute Gasteiger partial charge is 0.458 e. The molecular formula is C74H79BN4O3. The lowest BCUT2D eigenvalue weighted by Gasteiger charge is -2.35. The lowest BCUT2D eigenvalue weighted by atomic mass is 9.34. The summed E-state index contributed by atoms with van der Waals surface area (Å²) in [5.74, 6) is 5.73. The van der Waals surface area contributed by atoms with Gasteiger partial charge in [0.1, 0.15) is 40.3 Å². The number of benzene rings is 7. The van der Waals surface area contributed by atoms with Crippen LogP contribution in [0.5, 0.6) is 34.5 Å². The molecule has 12 rings (SSSR count). The molecule has 0 amide bonds. The zero-order valence-electron chi connectivity index (χ0n) is 51.5. The van der Waals surface area contributed by atoms with E-state index >= 15 is 0 Å². The molecule has 416 valence electrons. The van der Waals surface area contributed by atoms with E-state index in [2.05, 4.69) is 291 Å². The molecule has 3 aromatic heterocycles. The minimum Gasteiger partial charge on any atom is -0.458 e. The number of pyridine rings is 1. The lowest BCUT2D eigenvalue weighted by molar-refractivity contribution is -0.599. The summed E-state index contributed by atoms with van der Waals surface area (Å²) in [7, 11) is 0. The summed E-state index contributed by atoms with van der Waals surface area (Å²) >= 11 is 0. The van der Waals surface area contributed by atoms with Gasteiger partial charge in [0.15, 0.2) is 0 Å². The Morgan fingerprint density at radius 3 is 1.59 bits per heavy atom. The normalized spacial score (nSPS) is 13.7. The quantitative estimate of drug-likeness (QED) is 0.0946. The molecule has 7 nitrogen and oxygen atoms in total. The van der Waals surface area contributed by atoms with E-state index in [0.717, 1.165) is 95.6 Å². The van der Waals surface area contributed by atoms with Gasteiger partial charge in [0.25, 0.3) is 13.0 Å². The van der Waals surface area contributed by atoms with Crippen molar-refractivity contribution in [2.24, 2.45) is 0 Å². The predicted molar refractivity (Wildman–Crippen MR) is 340 cm³/mol. The van der Waals surface area contributed by atoms with Crippen LogP contribution >= 0.6 is 0 Å². The summed E-state index contributed by atoms with van der Waals surface area (Å²) in [6, 6.07) is 49.0. The predicted octanol–water partition coefficient (Wildman–Crippen LogP) is 17.0. The number of fused-ring (bicyclic) bond motifs is 7. The van der Waals surface area contributed by atoms with Crippen molar-refractivity contribution >= 4 is 44.9 Å². The average molecular weight is 1080 g/mol. The van der Waals surface area contributed by atoms with E-state index in [1.54, 1.807) is 0 Å². The highest BCUT2D eigenvalue weighted by Gasteiger charge is 2.42. The summed E-state index contributed by atoms with van der Waals surface area (Å²) < 4.78 is 27.5. The van der Waals surface area contributed by atoms with Crippen molar-refractivity contribution in [3.8, 4) is 62.8 Å². The van der Waals surface area contributed by atoms with Gasteiger partial charge in [-0.25, -0.2) is 4.98 Å². The molecule has 82 heavy (non-hydrogen) atoms. The molecule has 0 spiro atoms. The average Bonchev–Trinajstić information content (AvgIpc) is 2.93. The molecule has 0 fully saturated rings. The second-order valence-corrected chi connectivity index (χ2v) is 29.4. The topological polar surface area (TPSA) is 54.3 Å². The van der Waals surface area contributed by atoms with Crippen LogP contribution in [0.1, 0.15) is 158 Å². The Morgan fingerprint density at radius 1 is 0.451 bits per heavy atom. The van der Waals surface area contributed by atoms with E-state index in [-0.39, 0.29) is 39.2 Å². The number of nitrogens with zero attached hydrogens (tertiary/aromatic N) is 4. The van der Waals surface area contributed by atoms with E-state index in [9.17, 15) is 0 Å². The zero-order valence-corrected chi connectivity index (χ0v) is 51.5. The molecule has 0 saturated heterocycles. The van der Waals surface area contributed by atoms with Crippen LogP contribution in [0, 0.1) is 6.33 Å². The molecule has 7 aromatic carbocycles. The monoisotopic (exact) mass is 1080 g/mol. The van der Waals surface area contributed by atoms with Gasteiger partial charge in [-0.1, -0.05) is 161 Å². The number of hydrogen-bond acceptors (Lipinski definition) is 4. The van der Waals surface area contributed by atoms with E-state index in [0.29, 0.717) is 0 Å². The first-order valence-electron chi connectivity index (χ1n) is 29.3. The van der Waals surface area contributed by atoms with Crippen molar-refractivity contribution in [3.05, 3.63) is 192 Å². The minimum absolute atomic E-state index is 0.00891. The Morgan fingerprint density at radius 2 is 1.01 bits per heavy atom. The van der Waals surface area contributed by atoms with Gasteiger partial charge in [-0.15, -0.1) is 0 Å². The van der Waals surface area contributed by atoms with Crippen LogP contribution in [0.25, 0.3) is 50.1 Å². The van der Waals surface area contributed by atoms with Gasteiger partial charge in [0.05, 0.1) is 22.4 Å². The van der Waals surface area contributed by atoms with E-state index in [1.807, 2.05) is 6.20 Å². The van der Waals surface area contributed by atoms with Crippen LogP contribution < -0.4 is 35.2 Å². The first kappa shape index (κ1) is 54.7. The smallest absolute Gasteiger partial charge is 0.268 e. The van der Waals surface area contributed by atoms with Gasteiger partial charge in [-0.05, 0) is 179 Å². The van der Waals surface area contributed by atoms with Gasteiger partial charge < -0.3 is 14.2 Å². The summed E-state index contributed by atoms with van der Waals surface area (Å²) in [6.07, 6.45) is 9.79. The highest BCUT2D eigenvalue weighted by atomic mass is 16.5. The molecular weight excluding hydrogens is 1000 g/mol. The maximum atomic E-state index is 7.03. The molecule has 0 bridgehead atoms. The molecule has 8 heteroatoms. The summed E-state index contributed by atoms with van der Waals surface area (Å²) in [4.78, 5) is 5.07. The van der Waals surface area contributed by atoms with E-state index in [1.165, 1.54) is 38.7 Å². The van der Waals surface area contributed by atoms with Gasteiger partial charge in [0.2, 0.25) is 0 Å². The van der Waals surface area contributed by atoms with Gasteiger partial charge in [-0.3, -0.25) is 13.7 Å². The summed E-state index contributed by atoms with van der Waals surface area (Å²) in [6.45, 7) is 40.8. The number of rotatable bonds is 6. The van der Waals surface area contributed by atoms with Crippen molar-refractivity contribution in [2.75, 3.05) is 0 Å². The molecule has 2 aliphatic heterocycles. The number of aromatic nitrogens is 4. The fourth-order valence-electron chi connectivity index (χ4n) is 11.7. The minimum atomic E-state index is -0.158.